The first-order valence-corrected chi connectivity index (χ1v) is 15.7. The van der Waals surface area contributed by atoms with Gasteiger partial charge in [0.15, 0.2) is 11.5 Å². The van der Waals surface area contributed by atoms with Gasteiger partial charge >= 0.3 is 0 Å². The first-order valence-electron chi connectivity index (χ1n) is 12.4. The zero-order valence-corrected chi connectivity index (χ0v) is 25.3. The van der Waals surface area contributed by atoms with Gasteiger partial charge in [-0.1, -0.05) is 29.3 Å². The molecule has 0 bridgehead atoms. The lowest BCUT2D eigenvalue weighted by Crippen LogP contribution is -2.38. The number of rotatable bonds is 11. The van der Waals surface area contributed by atoms with Crippen molar-refractivity contribution in [3.8, 4) is 11.5 Å². The molecule has 0 aliphatic heterocycles. The Kier molecular flexibility index (Phi) is 9.30. The summed E-state index contributed by atoms with van der Waals surface area (Å²) in [4.78, 5) is 13.0. The van der Waals surface area contributed by atoms with E-state index in [0.717, 1.165) is 9.87 Å². The number of halogens is 1. The van der Waals surface area contributed by atoms with Crippen molar-refractivity contribution in [3.63, 3.8) is 0 Å². The van der Waals surface area contributed by atoms with Crippen molar-refractivity contribution in [1.82, 2.24) is 0 Å². The minimum atomic E-state index is -4.23. The van der Waals surface area contributed by atoms with Gasteiger partial charge in [0, 0.05) is 22.5 Å². The quantitative estimate of drug-likeness (QED) is 0.230. The van der Waals surface area contributed by atoms with Crippen LogP contribution in [-0.4, -0.2) is 43.5 Å². The number of benzene rings is 4. The molecule has 13 heteroatoms. The number of amides is 1. The van der Waals surface area contributed by atoms with E-state index in [2.05, 4.69) is 10.0 Å². The lowest BCUT2D eigenvalue weighted by atomic mass is 10.2. The molecule has 0 fully saturated rings. The third-order valence-corrected chi connectivity index (χ3v) is 9.52. The van der Waals surface area contributed by atoms with Crippen molar-refractivity contribution >= 4 is 54.6 Å². The highest BCUT2D eigenvalue weighted by molar-refractivity contribution is 7.93. The van der Waals surface area contributed by atoms with Crippen molar-refractivity contribution in [2.24, 2.45) is 0 Å². The number of nitrogens with zero attached hydrogens (tertiary/aromatic N) is 1. The highest BCUT2D eigenvalue weighted by Crippen LogP contribution is 2.32. The van der Waals surface area contributed by atoms with Gasteiger partial charge in [0.25, 0.3) is 20.0 Å². The lowest BCUT2D eigenvalue weighted by Gasteiger charge is -2.24. The number of carbonyl (C=O) groups excluding carboxylic acids is 1. The molecule has 42 heavy (non-hydrogen) atoms. The molecule has 0 aromatic heterocycles. The van der Waals surface area contributed by atoms with Gasteiger partial charge in [0.1, 0.15) is 6.54 Å². The van der Waals surface area contributed by atoms with E-state index in [-0.39, 0.29) is 26.9 Å². The van der Waals surface area contributed by atoms with E-state index in [1.165, 1.54) is 68.8 Å². The molecular weight excluding hydrogens is 602 g/mol. The Morgan fingerprint density at radius 2 is 1.33 bits per heavy atom. The van der Waals surface area contributed by atoms with Gasteiger partial charge in [-0.2, -0.15) is 0 Å². The Bertz CT molecular complexity index is 1780. The van der Waals surface area contributed by atoms with Crippen LogP contribution < -0.4 is 23.8 Å². The number of hydrogen-bond donors (Lipinski definition) is 2. The molecule has 4 aromatic rings. The molecule has 0 aliphatic carbocycles. The average Bonchev–Trinajstić information content (AvgIpc) is 2.97. The lowest BCUT2D eigenvalue weighted by molar-refractivity contribution is -0.114. The molecule has 0 heterocycles. The van der Waals surface area contributed by atoms with Gasteiger partial charge in [-0.3, -0.25) is 13.8 Å². The third kappa shape index (κ3) is 7.14. The first-order chi connectivity index (χ1) is 19.9. The van der Waals surface area contributed by atoms with Gasteiger partial charge in [-0.05, 0) is 79.7 Å². The Morgan fingerprint density at radius 1 is 0.762 bits per heavy atom. The zero-order chi connectivity index (χ0) is 30.5. The number of aryl methyl sites for hydroxylation is 1. The smallest absolute Gasteiger partial charge is 0.264 e. The number of ether oxygens (including phenoxy) is 2. The minimum absolute atomic E-state index is 0.0345. The van der Waals surface area contributed by atoms with Gasteiger partial charge in [-0.15, -0.1) is 0 Å². The second kappa shape index (κ2) is 12.7. The summed E-state index contributed by atoms with van der Waals surface area (Å²) in [6.07, 6.45) is 0. The van der Waals surface area contributed by atoms with Gasteiger partial charge in [-0.25, -0.2) is 16.8 Å². The molecular formula is C29H28ClN3O7S2. The van der Waals surface area contributed by atoms with Gasteiger partial charge in [0.05, 0.1) is 29.7 Å². The van der Waals surface area contributed by atoms with Crippen LogP contribution in [0.15, 0.2) is 101 Å². The number of anilines is 3. The molecule has 0 atom stereocenters. The number of nitrogens with one attached hydrogen (secondary N) is 2. The van der Waals surface area contributed by atoms with Crippen LogP contribution in [0, 0.1) is 6.92 Å². The number of hydrogen-bond acceptors (Lipinski definition) is 7. The predicted octanol–water partition coefficient (Wildman–Crippen LogP) is 5.30. The summed E-state index contributed by atoms with van der Waals surface area (Å²) in [5, 5.41) is 3.10. The van der Waals surface area contributed by atoms with Crippen LogP contribution in [-0.2, 0) is 24.8 Å². The maximum absolute atomic E-state index is 13.8. The van der Waals surface area contributed by atoms with Gasteiger partial charge in [0.2, 0.25) is 5.91 Å². The Balaban J connectivity index is 1.55. The molecule has 0 saturated heterocycles. The second-order valence-corrected chi connectivity index (χ2v) is 13.0. The van der Waals surface area contributed by atoms with Crippen LogP contribution >= 0.6 is 11.6 Å². The van der Waals surface area contributed by atoms with Crippen molar-refractivity contribution in [1.29, 1.82) is 0 Å². The minimum Gasteiger partial charge on any atom is -0.493 e. The number of sulfonamides is 2. The molecule has 0 spiro atoms. The molecule has 0 radical (unpaired) electrons. The fourth-order valence-corrected chi connectivity index (χ4v) is 6.53. The monoisotopic (exact) mass is 629 g/mol. The summed E-state index contributed by atoms with van der Waals surface area (Å²) < 4.78 is 67.0. The van der Waals surface area contributed by atoms with Crippen molar-refractivity contribution in [2.45, 2.75) is 16.7 Å². The maximum atomic E-state index is 13.8. The van der Waals surface area contributed by atoms with Crippen molar-refractivity contribution < 1.29 is 31.1 Å². The molecule has 1 amide bonds. The zero-order valence-electron chi connectivity index (χ0n) is 22.9. The van der Waals surface area contributed by atoms with Crippen LogP contribution in [0.3, 0.4) is 0 Å². The normalized spacial score (nSPS) is 11.4. The highest BCUT2D eigenvalue weighted by Gasteiger charge is 2.28. The standard InChI is InChI=1S/C29H28ClN3O7S2/c1-20-4-12-24(13-5-20)33(42(37,38)26-16-17-27(39-2)28(18-26)40-3)19-29(34)31-22-10-14-25(15-11-22)41(35,36)32-23-8-6-21(30)7-9-23/h4-18,32H,19H2,1-3H3,(H,31,34). The molecule has 0 unspecified atom stereocenters. The molecule has 4 aromatic carbocycles. The van der Waals surface area contributed by atoms with E-state index in [4.69, 9.17) is 21.1 Å². The number of methoxy groups -OCH3 is 2. The van der Waals surface area contributed by atoms with E-state index in [1.54, 1.807) is 36.4 Å². The van der Waals surface area contributed by atoms with Gasteiger partial charge < -0.3 is 14.8 Å². The molecule has 2 N–H and O–H groups in total. The summed E-state index contributed by atoms with van der Waals surface area (Å²) >= 11 is 5.85. The predicted molar refractivity (Wildman–Crippen MR) is 163 cm³/mol. The Labute approximate surface area is 250 Å². The molecule has 0 saturated carbocycles. The summed E-state index contributed by atoms with van der Waals surface area (Å²) in [5.41, 5.74) is 1.80. The largest absolute Gasteiger partial charge is 0.493 e. The maximum Gasteiger partial charge on any atom is 0.264 e. The van der Waals surface area contributed by atoms with Crippen LogP contribution in [0.2, 0.25) is 5.02 Å². The van der Waals surface area contributed by atoms with Crippen LogP contribution in [0.25, 0.3) is 0 Å². The first kappa shape index (κ1) is 30.7. The molecule has 4 rings (SSSR count). The van der Waals surface area contributed by atoms with E-state index in [9.17, 15) is 21.6 Å². The average molecular weight is 630 g/mol. The van der Waals surface area contributed by atoms with E-state index in [0.29, 0.717) is 16.5 Å². The summed E-state index contributed by atoms with van der Waals surface area (Å²) in [7, 11) is -5.30. The fourth-order valence-electron chi connectivity index (χ4n) is 3.91. The summed E-state index contributed by atoms with van der Waals surface area (Å²) in [6.45, 7) is 1.30. The van der Waals surface area contributed by atoms with Crippen molar-refractivity contribution in [2.75, 3.05) is 35.1 Å². The van der Waals surface area contributed by atoms with Crippen LogP contribution in [0.1, 0.15) is 5.56 Å². The summed E-state index contributed by atoms with van der Waals surface area (Å²) in [6, 6.07) is 22.5. The van der Waals surface area contributed by atoms with Crippen LogP contribution in [0.4, 0.5) is 17.1 Å². The van der Waals surface area contributed by atoms with E-state index >= 15 is 0 Å². The SMILES string of the molecule is COc1ccc(S(=O)(=O)N(CC(=O)Nc2ccc(S(=O)(=O)Nc3ccc(Cl)cc3)cc2)c2ccc(C)cc2)cc1OC. The number of carbonyl (C=O) groups is 1. The molecule has 0 aliphatic rings. The summed E-state index contributed by atoms with van der Waals surface area (Å²) in [5.74, 6) is -0.0769. The Hall–Kier alpha value is -4.26. The van der Waals surface area contributed by atoms with E-state index < -0.39 is 32.5 Å². The fraction of sp³-hybridized carbons (Fsp3) is 0.138. The second-order valence-electron chi connectivity index (χ2n) is 9.05. The Morgan fingerprint density at radius 3 is 1.93 bits per heavy atom. The van der Waals surface area contributed by atoms with Crippen LogP contribution in [0.5, 0.6) is 11.5 Å². The topological polar surface area (TPSA) is 131 Å². The van der Waals surface area contributed by atoms with Crippen molar-refractivity contribution in [3.05, 3.63) is 102 Å². The van der Waals surface area contributed by atoms with E-state index in [1.807, 2.05) is 6.92 Å². The molecule has 220 valence electrons. The molecule has 10 nitrogen and oxygen atoms in total. The highest BCUT2D eigenvalue weighted by atomic mass is 35.5. The third-order valence-electron chi connectivity index (χ3n) is 6.10.